The maximum atomic E-state index is 6.68. The number of fused-ring (bicyclic) bond motifs is 14. The van der Waals surface area contributed by atoms with E-state index in [4.69, 9.17) is 14.4 Å². The van der Waals surface area contributed by atoms with Crippen LogP contribution in [0.4, 0.5) is 0 Å². The van der Waals surface area contributed by atoms with Crippen LogP contribution in [0.5, 0.6) is 0 Å². The lowest BCUT2D eigenvalue weighted by atomic mass is 9.81. The standard InChI is InChI=1S/C58H37N3OSi/c1-3-17-39(18-4-1)63(40-19-5-2-6-20-40,41-31-32-48-46-25-10-9-23-44(46)42-21-7-8-22-43(42)45-24-11-12-26-47(45)51(48)36-41)56-34-33-54-58(60-56)57-55(62-54)35-38(37-59-57)61-52-29-15-13-27-49(52)50-28-14-16-30-53(50)61/h1-37H. The summed E-state index contributed by atoms with van der Waals surface area (Å²) in [5, 5.41) is 7.19. The van der Waals surface area contributed by atoms with Gasteiger partial charge in [-0.05, 0) is 84.3 Å². The molecule has 4 nitrogen and oxygen atoms in total. The molecule has 0 saturated heterocycles. The molecule has 0 unspecified atom stereocenters. The van der Waals surface area contributed by atoms with Gasteiger partial charge in [0.1, 0.15) is 11.0 Å². The van der Waals surface area contributed by atoms with E-state index in [9.17, 15) is 0 Å². The van der Waals surface area contributed by atoms with Crippen LogP contribution in [0.15, 0.2) is 229 Å². The molecule has 0 amide bonds. The van der Waals surface area contributed by atoms with Crippen LogP contribution < -0.4 is 20.9 Å². The first-order chi connectivity index (χ1) is 31.3. The van der Waals surface area contributed by atoms with Gasteiger partial charge in [-0.15, -0.1) is 0 Å². The number of hydrogen-bond acceptors (Lipinski definition) is 3. The van der Waals surface area contributed by atoms with E-state index in [-0.39, 0.29) is 0 Å². The summed E-state index contributed by atoms with van der Waals surface area (Å²) in [6, 6.07) is 79.4. The van der Waals surface area contributed by atoms with Crippen LogP contribution in [-0.2, 0) is 0 Å². The van der Waals surface area contributed by atoms with Crippen LogP contribution in [0.2, 0.25) is 0 Å². The number of pyridine rings is 2. The van der Waals surface area contributed by atoms with Crippen molar-refractivity contribution in [2.75, 3.05) is 0 Å². The lowest BCUT2D eigenvalue weighted by Gasteiger charge is -2.34. The number of para-hydroxylation sites is 2. The Morgan fingerprint density at radius 1 is 0.365 bits per heavy atom. The van der Waals surface area contributed by atoms with Crippen LogP contribution >= 0.6 is 0 Å². The van der Waals surface area contributed by atoms with Crippen LogP contribution in [0, 0.1) is 0 Å². The van der Waals surface area contributed by atoms with Crippen molar-refractivity contribution in [2.45, 2.75) is 0 Å². The first-order valence-corrected chi connectivity index (χ1v) is 23.5. The summed E-state index contributed by atoms with van der Waals surface area (Å²) in [6.07, 6.45) is 1.96. The van der Waals surface area contributed by atoms with Crippen molar-refractivity contribution in [1.82, 2.24) is 14.5 Å². The molecule has 0 bridgehead atoms. The minimum Gasteiger partial charge on any atom is -0.453 e. The van der Waals surface area contributed by atoms with Gasteiger partial charge in [0.25, 0.3) is 0 Å². The predicted octanol–water partition coefficient (Wildman–Crippen LogP) is 11.8. The zero-order valence-electron chi connectivity index (χ0n) is 34.1. The van der Waals surface area contributed by atoms with E-state index in [0.29, 0.717) is 11.2 Å². The van der Waals surface area contributed by atoms with Gasteiger partial charge in [0.05, 0.1) is 22.9 Å². The largest absolute Gasteiger partial charge is 0.453 e. The molecule has 1 aliphatic carbocycles. The van der Waals surface area contributed by atoms with Crippen molar-refractivity contribution in [3.63, 3.8) is 0 Å². The molecule has 4 heterocycles. The molecule has 0 radical (unpaired) electrons. The Balaban J connectivity index is 1.07. The highest BCUT2D eigenvalue weighted by atomic mass is 28.3. The maximum absolute atomic E-state index is 6.68. The zero-order valence-corrected chi connectivity index (χ0v) is 35.1. The Morgan fingerprint density at radius 3 is 1.40 bits per heavy atom. The van der Waals surface area contributed by atoms with E-state index < -0.39 is 8.07 Å². The first-order valence-electron chi connectivity index (χ1n) is 21.5. The van der Waals surface area contributed by atoms with Gasteiger partial charge in [-0.3, -0.25) is 4.98 Å². The van der Waals surface area contributed by atoms with E-state index in [0.717, 1.165) is 33.1 Å². The average Bonchev–Trinajstić information content (AvgIpc) is 3.89. The summed E-state index contributed by atoms with van der Waals surface area (Å²) in [6.45, 7) is 0. The SMILES string of the molecule is c1ccc([Si](c2ccccc2)(c2ccc3c(c2)-c2ccccc2-c2ccccc2-c2ccccc2-3)c2ccc3oc4cc(-n5c6ccccc6c6ccccc65)cnc4c3n2)cc1. The zero-order chi connectivity index (χ0) is 41.5. The first kappa shape index (κ1) is 35.6. The molecule has 0 aliphatic heterocycles. The Labute approximate surface area is 365 Å². The van der Waals surface area contributed by atoms with Crippen molar-refractivity contribution in [1.29, 1.82) is 0 Å². The summed E-state index contributed by atoms with van der Waals surface area (Å²) in [7, 11) is -3.15. The molecule has 63 heavy (non-hydrogen) atoms. The topological polar surface area (TPSA) is 43.9 Å². The lowest BCUT2D eigenvalue weighted by Crippen LogP contribution is -2.75. The van der Waals surface area contributed by atoms with E-state index in [2.05, 4.69) is 223 Å². The van der Waals surface area contributed by atoms with Crippen molar-refractivity contribution in [3.05, 3.63) is 225 Å². The average molecular weight is 820 g/mol. The Hall–Kier alpha value is -8.12. The third-order valence-corrected chi connectivity index (χ3v) is 17.8. The minimum absolute atomic E-state index is 0.706. The van der Waals surface area contributed by atoms with Crippen molar-refractivity contribution in [2.24, 2.45) is 0 Å². The predicted molar refractivity (Wildman–Crippen MR) is 263 cm³/mol. The maximum Gasteiger partial charge on any atom is 0.201 e. The summed E-state index contributed by atoms with van der Waals surface area (Å²) in [4.78, 5) is 10.9. The van der Waals surface area contributed by atoms with E-state index in [1.807, 2.05) is 6.20 Å². The normalized spacial score (nSPS) is 12.1. The van der Waals surface area contributed by atoms with Gasteiger partial charge < -0.3 is 8.98 Å². The number of nitrogens with zero attached hydrogens (tertiary/aromatic N) is 3. The van der Waals surface area contributed by atoms with Crippen molar-refractivity contribution in [3.8, 4) is 50.2 Å². The molecule has 0 fully saturated rings. The van der Waals surface area contributed by atoms with Gasteiger partial charge in [-0.25, -0.2) is 4.98 Å². The summed E-state index contributed by atoms with van der Waals surface area (Å²) in [5.41, 5.74) is 16.0. The number of aromatic nitrogens is 3. The number of hydrogen-bond donors (Lipinski definition) is 0. The molecule has 0 N–H and O–H groups in total. The quantitative estimate of drug-likeness (QED) is 0.128. The molecular formula is C58H37N3OSi. The number of furan rings is 1. The summed E-state index contributed by atoms with van der Waals surface area (Å²) < 4.78 is 8.96. The molecule has 1 aliphatic rings. The molecule has 0 saturated carbocycles. The molecule has 12 aromatic rings. The van der Waals surface area contributed by atoms with Crippen LogP contribution in [0.3, 0.4) is 0 Å². The Bertz CT molecular complexity index is 3660. The van der Waals surface area contributed by atoms with E-state index in [1.165, 1.54) is 70.8 Å². The molecule has 13 rings (SSSR count). The second kappa shape index (κ2) is 14.0. The fraction of sp³-hybridized carbons (Fsp3) is 0. The number of benzene rings is 8. The van der Waals surface area contributed by atoms with Gasteiger partial charge in [0.15, 0.2) is 11.2 Å². The van der Waals surface area contributed by atoms with E-state index in [1.54, 1.807) is 0 Å². The third-order valence-electron chi connectivity index (χ3n) is 13.2. The van der Waals surface area contributed by atoms with Gasteiger partial charge in [0, 0.05) is 22.2 Å². The summed E-state index contributed by atoms with van der Waals surface area (Å²) >= 11 is 0. The number of rotatable bonds is 5. The second-order valence-corrected chi connectivity index (χ2v) is 20.2. The highest BCUT2D eigenvalue weighted by Crippen LogP contribution is 2.47. The Morgan fingerprint density at radius 2 is 0.841 bits per heavy atom. The molecule has 8 aromatic carbocycles. The van der Waals surface area contributed by atoms with Crippen LogP contribution in [0.25, 0.3) is 94.2 Å². The smallest absolute Gasteiger partial charge is 0.201 e. The fourth-order valence-corrected chi connectivity index (χ4v) is 15.0. The highest BCUT2D eigenvalue weighted by molar-refractivity contribution is 7.19. The minimum atomic E-state index is -3.15. The molecule has 5 heteroatoms. The molecular weight excluding hydrogens is 783 g/mol. The van der Waals surface area contributed by atoms with Crippen molar-refractivity contribution >= 4 is 73.0 Å². The van der Waals surface area contributed by atoms with Gasteiger partial charge >= 0.3 is 0 Å². The highest BCUT2D eigenvalue weighted by Gasteiger charge is 2.44. The summed E-state index contributed by atoms with van der Waals surface area (Å²) in [5.74, 6) is 0. The van der Waals surface area contributed by atoms with Crippen molar-refractivity contribution < 1.29 is 4.42 Å². The third kappa shape index (κ3) is 5.27. The molecule has 0 atom stereocenters. The molecule has 0 spiro atoms. The van der Waals surface area contributed by atoms with Crippen LogP contribution in [-0.4, -0.2) is 22.6 Å². The lowest BCUT2D eigenvalue weighted by molar-refractivity contribution is 0.667. The van der Waals surface area contributed by atoms with Crippen LogP contribution in [0.1, 0.15) is 0 Å². The van der Waals surface area contributed by atoms with E-state index >= 15 is 0 Å². The molecule has 4 aromatic heterocycles. The van der Waals surface area contributed by atoms with Gasteiger partial charge in [0.2, 0.25) is 8.07 Å². The second-order valence-electron chi connectivity index (χ2n) is 16.4. The monoisotopic (exact) mass is 819 g/mol. The van der Waals surface area contributed by atoms with Gasteiger partial charge in [-0.1, -0.05) is 188 Å². The fourth-order valence-electron chi connectivity index (χ4n) is 10.5. The Kier molecular flexibility index (Phi) is 7.89. The molecule has 294 valence electrons. The van der Waals surface area contributed by atoms with Gasteiger partial charge in [-0.2, -0.15) is 0 Å².